The zero-order chi connectivity index (χ0) is 10.2. The van der Waals surface area contributed by atoms with Crippen LogP contribution in [0.5, 0.6) is 0 Å². The second-order valence-corrected chi connectivity index (χ2v) is 5.60. The van der Waals surface area contributed by atoms with Crippen molar-refractivity contribution in [3.8, 4) is 0 Å². The van der Waals surface area contributed by atoms with Crippen LogP contribution in [0.25, 0.3) is 0 Å². The molecule has 0 N–H and O–H groups in total. The fourth-order valence-corrected chi connectivity index (χ4v) is 3.73. The van der Waals surface area contributed by atoms with Gasteiger partial charge in [0.15, 0.2) is 0 Å². The maximum atomic E-state index is 5.68. The summed E-state index contributed by atoms with van der Waals surface area (Å²) in [5, 5.41) is 0. The summed E-state index contributed by atoms with van der Waals surface area (Å²) >= 11 is 0. The number of quaternary nitrogens is 1. The maximum Gasteiger partial charge on any atom is 0.118 e. The molecule has 0 spiro atoms. The summed E-state index contributed by atoms with van der Waals surface area (Å²) in [6.45, 7) is 1.33. The van der Waals surface area contributed by atoms with Gasteiger partial charge in [-0.25, -0.2) is 0 Å². The molecular weight excluding hydrogens is 174 g/mol. The van der Waals surface area contributed by atoms with Crippen molar-refractivity contribution in [1.29, 1.82) is 0 Å². The highest BCUT2D eigenvalue weighted by Gasteiger charge is 2.46. The molecule has 14 heavy (non-hydrogen) atoms. The standard InChI is InChI=1S/C12H24NO/c1-13(2)9-5-7-10-6-4-8-11(14-3)12(10)13/h10-12H,4-9H2,1-3H3/q+1. The molecule has 2 nitrogen and oxygen atoms in total. The summed E-state index contributed by atoms with van der Waals surface area (Å²) in [5.74, 6) is 0.928. The van der Waals surface area contributed by atoms with Gasteiger partial charge in [-0.2, -0.15) is 0 Å². The molecule has 1 heterocycles. The van der Waals surface area contributed by atoms with Crippen molar-refractivity contribution in [1.82, 2.24) is 0 Å². The predicted molar refractivity (Wildman–Crippen MR) is 58.1 cm³/mol. The monoisotopic (exact) mass is 198 g/mol. The topological polar surface area (TPSA) is 9.23 Å². The second-order valence-electron chi connectivity index (χ2n) is 5.60. The SMILES string of the molecule is COC1CCCC2CCC[N+](C)(C)C21. The van der Waals surface area contributed by atoms with Crippen LogP contribution < -0.4 is 0 Å². The van der Waals surface area contributed by atoms with Crippen molar-refractivity contribution in [3.63, 3.8) is 0 Å². The molecule has 0 aromatic heterocycles. The fraction of sp³-hybridized carbons (Fsp3) is 1.00. The molecule has 0 amide bonds. The van der Waals surface area contributed by atoms with Gasteiger partial charge in [0, 0.05) is 13.0 Å². The summed E-state index contributed by atoms with van der Waals surface area (Å²) in [5.41, 5.74) is 0. The minimum atomic E-state index is 0.518. The van der Waals surface area contributed by atoms with Crippen LogP contribution in [0.3, 0.4) is 0 Å². The van der Waals surface area contributed by atoms with Crippen LogP contribution in [0.4, 0.5) is 0 Å². The van der Waals surface area contributed by atoms with E-state index in [0.717, 1.165) is 12.0 Å². The van der Waals surface area contributed by atoms with Crippen LogP contribution in [0.1, 0.15) is 32.1 Å². The lowest BCUT2D eigenvalue weighted by Gasteiger charge is -2.51. The quantitative estimate of drug-likeness (QED) is 0.586. The number of likely N-dealkylation sites (tertiary alicyclic amines) is 1. The lowest BCUT2D eigenvalue weighted by atomic mass is 9.75. The van der Waals surface area contributed by atoms with Crippen molar-refractivity contribution < 1.29 is 9.22 Å². The molecule has 1 saturated heterocycles. The Morgan fingerprint density at radius 2 is 1.79 bits per heavy atom. The Morgan fingerprint density at radius 3 is 2.50 bits per heavy atom. The van der Waals surface area contributed by atoms with E-state index in [2.05, 4.69) is 14.1 Å². The first-order chi connectivity index (χ1) is 6.65. The van der Waals surface area contributed by atoms with Crippen LogP contribution in [0, 0.1) is 5.92 Å². The molecule has 2 heteroatoms. The molecule has 2 aliphatic rings. The van der Waals surface area contributed by atoms with E-state index in [1.807, 2.05) is 7.11 Å². The van der Waals surface area contributed by atoms with Crippen molar-refractivity contribution in [2.45, 2.75) is 44.2 Å². The normalized spacial score (nSPS) is 41.8. The van der Waals surface area contributed by atoms with E-state index < -0.39 is 0 Å². The fourth-order valence-electron chi connectivity index (χ4n) is 3.73. The second kappa shape index (κ2) is 3.82. The highest BCUT2D eigenvalue weighted by molar-refractivity contribution is 4.86. The van der Waals surface area contributed by atoms with E-state index in [4.69, 9.17) is 4.74 Å². The highest BCUT2D eigenvalue weighted by Crippen LogP contribution is 2.38. The third kappa shape index (κ3) is 1.70. The van der Waals surface area contributed by atoms with E-state index in [9.17, 15) is 0 Å². The number of hydrogen-bond acceptors (Lipinski definition) is 1. The van der Waals surface area contributed by atoms with Gasteiger partial charge in [-0.15, -0.1) is 0 Å². The first-order valence-corrected chi connectivity index (χ1v) is 6.00. The molecule has 0 aromatic carbocycles. The highest BCUT2D eigenvalue weighted by atomic mass is 16.5. The largest absolute Gasteiger partial charge is 0.375 e. The molecule has 0 radical (unpaired) electrons. The van der Waals surface area contributed by atoms with E-state index in [1.54, 1.807) is 0 Å². The Labute approximate surface area is 87.8 Å². The van der Waals surface area contributed by atoms with Gasteiger partial charge in [-0.1, -0.05) is 6.42 Å². The van der Waals surface area contributed by atoms with Crippen LogP contribution in [0.2, 0.25) is 0 Å². The summed E-state index contributed by atoms with van der Waals surface area (Å²) in [6, 6.07) is 0.766. The molecule has 82 valence electrons. The molecule has 1 saturated carbocycles. The third-order valence-corrected chi connectivity index (χ3v) is 4.35. The molecule has 2 fully saturated rings. The zero-order valence-electron chi connectivity index (χ0n) is 9.83. The van der Waals surface area contributed by atoms with Gasteiger partial charge in [0.25, 0.3) is 0 Å². The Hall–Kier alpha value is -0.0800. The zero-order valence-corrected chi connectivity index (χ0v) is 9.83. The summed E-state index contributed by atoms with van der Waals surface area (Å²) in [7, 11) is 6.66. The average Bonchev–Trinajstić information content (AvgIpc) is 2.16. The van der Waals surface area contributed by atoms with Crippen molar-refractivity contribution in [3.05, 3.63) is 0 Å². The maximum absolute atomic E-state index is 5.68. The van der Waals surface area contributed by atoms with E-state index in [1.165, 1.54) is 43.1 Å². The summed E-state index contributed by atoms with van der Waals surface area (Å²) in [6.07, 6.45) is 7.45. The summed E-state index contributed by atoms with van der Waals surface area (Å²) in [4.78, 5) is 0. The van der Waals surface area contributed by atoms with Gasteiger partial charge in [0.1, 0.15) is 12.1 Å². The van der Waals surface area contributed by atoms with Gasteiger partial charge in [-0.05, 0) is 25.7 Å². The number of piperidine rings is 1. The minimum Gasteiger partial charge on any atom is -0.375 e. The van der Waals surface area contributed by atoms with Gasteiger partial charge < -0.3 is 9.22 Å². The number of nitrogens with zero attached hydrogens (tertiary/aromatic N) is 1. The Balaban J connectivity index is 2.17. The predicted octanol–water partition coefficient (Wildman–Crippen LogP) is 2.04. The number of methoxy groups -OCH3 is 1. The molecule has 2 rings (SSSR count). The molecule has 1 aliphatic heterocycles. The van der Waals surface area contributed by atoms with Gasteiger partial charge in [0.05, 0.1) is 20.6 Å². The Morgan fingerprint density at radius 1 is 1.07 bits per heavy atom. The summed E-state index contributed by atoms with van der Waals surface area (Å²) < 4.78 is 6.86. The van der Waals surface area contributed by atoms with Crippen molar-refractivity contribution >= 4 is 0 Å². The number of fused-ring (bicyclic) bond motifs is 1. The van der Waals surface area contributed by atoms with Crippen LogP contribution in [-0.4, -0.2) is 44.4 Å². The Kier molecular flexibility index (Phi) is 2.85. The van der Waals surface area contributed by atoms with Gasteiger partial charge in [0.2, 0.25) is 0 Å². The Bertz CT molecular complexity index is 194. The molecule has 1 aliphatic carbocycles. The molecule has 3 unspecified atom stereocenters. The number of ether oxygens (including phenoxy) is 1. The van der Waals surface area contributed by atoms with Crippen molar-refractivity contribution in [2.24, 2.45) is 5.92 Å². The number of likely N-dealkylation sites (N-methyl/N-ethyl adjacent to an activating group) is 1. The lowest BCUT2D eigenvalue weighted by Crippen LogP contribution is -2.62. The van der Waals surface area contributed by atoms with E-state index >= 15 is 0 Å². The number of hydrogen-bond donors (Lipinski definition) is 0. The average molecular weight is 198 g/mol. The lowest BCUT2D eigenvalue weighted by molar-refractivity contribution is -0.928. The molecule has 0 aromatic rings. The smallest absolute Gasteiger partial charge is 0.118 e. The first-order valence-electron chi connectivity index (χ1n) is 6.00. The van der Waals surface area contributed by atoms with Crippen molar-refractivity contribution in [2.75, 3.05) is 27.7 Å². The number of rotatable bonds is 1. The van der Waals surface area contributed by atoms with Gasteiger partial charge >= 0.3 is 0 Å². The van der Waals surface area contributed by atoms with Crippen LogP contribution in [-0.2, 0) is 4.74 Å². The minimum absolute atomic E-state index is 0.518. The molecule has 0 bridgehead atoms. The van der Waals surface area contributed by atoms with Crippen LogP contribution in [0.15, 0.2) is 0 Å². The van der Waals surface area contributed by atoms with E-state index in [-0.39, 0.29) is 0 Å². The molecular formula is C12H24NO+. The van der Waals surface area contributed by atoms with Crippen LogP contribution >= 0.6 is 0 Å². The third-order valence-electron chi connectivity index (χ3n) is 4.35. The van der Waals surface area contributed by atoms with Gasteiger partial charge in [-0.3, -0.25) is 0 Å². The molecule has 3 atom stereocenters. The first kappa shape index (κ1) is 10.4. The van der Waals surface area contributed by atoms with E-state index in [0.29, 0.717) is 6.10 Å².